The molecule has 1 fully saturated rings. The van der Waals surface area contributed by atoms with Crippen molar-refractivity contribution in [3.05, 3.63) is 76.9 Å². The highest BCUT2D eigenvalue weighted by atomic mass is 16.4. The molecule has 1 N–H and O–H groups in total. The number of carbonyl (C=O) groups is 1. The van der Waals surface area contributed by atoms with Gasteiger partial charge in [-0.15, -0.1) is 0 Å². The highest BCUT2D eigenvalue weighted by Gasteiger charge is 2.42. The number of fused-ring (bicyclic) bond motifs is 3. The fourth-order valence-electron chi connectivity index (χ4n) is 6.54. The Kier molecular flexibility index (Phi) is 6.05. The van der Waals surface area contributed by atoms with Gasteiger partial charge in [-0.05, 0) is 73.4 Å². The molecule has 0 amide bonds. The maximum Gasteiger partial charge on any atom is 0.321 e. The number of nitriles is 1. The maximum absolute atomic E-state index is 11.6. The van der Waals surface area contributed by atoms with Crippen LogP contribution in [0.2, 0.25) is 0 Å². The second-order valence-corrected chi connectivity index (χ2v) is 11.4. The molecule has 2 aromatic carbocycles. The zero-order valence-electron chi connectivity index (χ0n) is 20.9. The quantitative estimate of drug-likeness (QED) is 0.499. The smallest absolute Gasteiger partial charge is 0.321 e. The number of aliphatic carboxylic acids is 1. The van der Waals surface area contributed by atoms with Gasteiger partial charge >= 0.3 is 5.97 Å². The Bertz CT molecular complexity index is 1230. The number of hydrogen-bond acceptors (Lipinski definition) is 3. The van der Waals surface area contributed by atoms with Crippen LogP contribution in [0.1, 0.15) is 68.6 Å². The summed E-state index contributed by atoms with van der Waals surface area (Å²) in [7, 11) is 0. The molecule has 3 aliphatic rings. The van der Waals surface area contributed by atoms with Crippen molar-refractivity contribution in [2.24, 2.45) is 17.3 Å². The lowest BCUT2D eigenvalue weighted by atomic mass is 9.69. The van der Waals surface area contributed by atoms with Gasteiger partial charge in [-0.25, -0.2) is 0 Å². The fraction of sp³-hybridized carbons (Fsp3) is 0.419. The third kappa shape index (κ3) is 4.52. The lowest BCUT2D eigenvalue weighted by Crippen LogP contribution is -2.29. The van der Waals surface area contributed by atoms with Gasteiger partial charge in [0.2, 0.25) is 0 Å². The van der Waals surface area contributed by atoms with Crippen LogP contribution in [0, 0.1) is 35.5 Å². The van der Waals surface area contributed by atoms with Gasteiger partial charge in [-0.3, -0.25) is 4.79 Å². The Balaban J connectivity index is 1.44. The van der Waals surface area contributed by atoms with E-state index in [1.807, 2.05) is 12.1 Å². The van der Waals surface area contributed by atoms with Crippen LogP contribution in [0.25, 0.3) is 6.08 Å². The standard InChI is InChI=1S/C31H34N2O2/c1-20-7-12-24(13-8-20)33-28-6-4-5-25(28)26-16-21(11-14-29(26)33)9-10-22-15-23(18-31(2,3)17-22)27(19-32)30(34)35/h7-16,23,25,27-28H,4-6,17-18H2,1-3H3,(H,34,35)/b10-9+. The van der Waals surface area contributed by atoms with E-state index < -0.39 is 11.9 Å². The zero-order valence-corrected chi connectivity index (χ0v) is 20.9. The molecule has 0 spiro atoms. The largest absolute Gasteiger partial charge is 0.480 e. The highest BCUT2D eigenvalue weighted by Crippen LogP contribution is 2.52. The van der Waals surface area contributed by atoms with Crippen molar-refractivity contribution in [2.75, 3.05) is 4.90 Å². The maximum atomic E-state index is 11.6. The van der Waals surface area contributed by atoms with E-state index >= 15 is 0 Å². The van der Waals surface area contributed by atoms with Gasteiger partial charge in [-0.2, -0.15) is 5.26 Å². The Morgan fingerprint density at radius 1 is 1.17 bits per heavy atom. The Morgan fingerprint density at radius 2 is 1.94 bits per heavy atom. The first kappa shape index (κ1) is 23.4. The number of aryl methyl sites for hydroxylation is 1. The van der Waals surface area contributed by atoms with Gasteiger partial charge in [-0.1, -0.05) is 67.8 Å². The molecule has 4 nitrogen and oxygen atoms in total. The van der Waals surface area contributed by atoms with Gasteiger partial charge in [0.15, 0.2) is 0 Å². The predicted molar refractivity (Wildman–Crippen MR) is 141 cm³/mol. The molecule has 0 bridgehead atoms. The van der Waals surface area contributed by atoms with E-state index in [0.717, 1.165) is 12.0 Å². The second-order valence-electron chi connectivity index (χ2n) is 11.4. The Labute approximate surface area is 208 Å². The summed E-state index contributed by atoms with van der Waals surface area (Å²) >= 11 is 0. The number of allylic oxidation sites excluding steroid dienone is 3. The summed E-state index contributed by atoms with van der Waals surface area (Å²) in [5.41, 5.74) is 7.60. The zero-order chi connectivity index (χ0) is 24.7. The molecule has 0 radical (unpaired) electrons. The van der Waals surface area contributed by atoms with Crippen LogP contribution in [0.4, 0.5) is 11.4 Å². The molecule has 4 unspecified atom stereocenters. The minimum atomic E-state index is -1.03. The van der Waals surface area contributed by atoms with E-state index in [0.29, 0.717) is 18.4 Å². The van der Waals surface area contributed by atoms with Gasteiger partial charge in [0.1, 0.15) is 5.92 Å². The number of nitrogens with zero attached hydrogens (tertiary/aromatic N) is 2. The normalized spacial score (nSPS) is 25.6. The van der Waals surface area contributed by atoms with E-state index in [2.05, 4.69) is 80.3 Å². The van der Waals surface area contributed by atoms with Crippen LogP contribution in [-0.4, -0.2) is 17.1 Å². The van der Waals surface area contributed by atoms with Crippen molar-refractivity contribution in [1.29, 1.82) is 5.26 Å². The van der Waals surface area contributed by atoms with Gasteiger partial charge < -0.3 is 10.0 Å². The summed E-state index contributed by atoms with van der Waals surface area (Å²) in [6.07, 6.45) is 11.6. The number of carboxylic acid groups (broad SMARTS) is 1. The van der Waals surface area contributed by atoms with Gasteiger partial charge in [0.25, 0.3) is 0 Å². The van der Waals surface area contributed by atoms with Gasteiger partial charge in [0.05, 0.1) is 6.07 Å². The van der Waals surface area contributed by atoms with Crippen molar-refractivity contribution in [3.8, 4) is 6.07 Å². The molecule has 1 saturated carbocycles. The molecule has 2 aliphatic carbocycles. The molecule has 2 aromatic rings. The number of rotatable bonds is 5. The molecule has 0 saturated heterocycles. The molecule has 4 heteroatoms. The van der Waals surface area contributed by atoms with Crippen molar-refractivity contribution in [2.45, 2.75) is 64.8 Å². The highest BCUT2D eigenvalue weighted by molar-refractivity contribution is 5.76. The topological polar surface area (TPSA) is 64.3 Å². The fourth-order valence-corrected chi connectivity index (χ4v) is 6.54. The molecule has 4 atom stereocenters. The Morgan fingerprint density at radius 3 is 2.66 bits per heavy atom. The first-order chi connectivity index (χ1) is 16.8. The van der Waals surface area contributed by atoms with E-state index in [9.17, 15) is 15.2 Å². The summed E-state index contributed by atoms with van der Waals surface area (Å²) in [4.78, 5) is 14.1. The molecule has 35 heavy (non-hydrogen) atoms. The molecule has 1 heterocycles. The number of benzene rings is 2. The summed E-state index contributed by atoms with van der Waals surface area (Å²) < 4.78 is 0. The number of carboxylic acids is 1. The molecule has 5 rings (SSSR count). The van der Waals surface area contributed by atoms with Crippen LogP contribution in [-0.2, 0) is 4.79 Å². The van der Waals surface area contributed by atoms with Crippen LogP contribution in [0.3, 0.4) is 0 Å². The number of hydrogen-bond donors (Lipinski definition) is 1. The number of anilines is 2. The van der Waals surface area contributed by atoms with Crippen LogP contribution >= 0.6 is 0 Å². The third-order valence-electron chi connectivity index (χ3n) is 8.06. The van der Waals surface area contributed by atoms with Crippen molar-refractivity contribution >= 4 is 23.4 Å². The van der Waals surface area contributed by atoms with Crippen molar-refractivity contribution < 1.29 is 9.90 Å². The molecule has 180 valence electrons. The summed E-state index contributed by atoms with van der Waals surface area (Å²) in [6.45, 7) is 6.45. The first-order valence-corrected chi connectivity index (χ1v) is 12.8. The second kappa shape index (κ2) is 9.04. The van der Waals surface area contributed by atoms with E-state index in [-0.39, 0.29) is 11.3 Å². The lowest BCUT2D eigenvalue weighted by molar-refractivity contribution is -0.141. The predicted octanol–water partition coefficient (Wildman–Crippen LogP) is 7.38. The summed E-state index contributed by atoms with van der Waals surface area (Å²) in [5, 5.41) is 18.9. The SMILES string of the molecule is Cc1ccc(N2c3ccc(/C=C/C4=CC(C(C#N)C(=O)O)CC(C)(C)C4)cc3C3CCCC32)cc1. The van der Waals surface area contributed by atoms with Crippen molar-refractivity contribution in [3.63, 3.8) is 0 Å². The van der Waals surface area contributed by atoms with E-state index in [4.69, 9.17) is 0 Å². The molecular weight excluding hydrogens is 432 g/mol. The van der Waals surface area contributed by atoms with Gasteiger partial charge in [0, 0.05) is 29.3 Å². The van der Waals surface area contributed by atoms with E-state index in [1.54, 1.807) is 0 Å². The summed E-state index contributed by atoms with van der Waals surface area (Å²) in [5.74, 6) is -1.71. The molecule has 1 aliphatic heterocycles. The average molecular weight is 467 g/mol. The minimum absolute atomic E-state index is 0.0345. The van der Waals surface area contributed by atoms with E-state index in [1.165, 1.54) is 47.3 Å². The molecule has 0 aromatic heterocycles. The molecular formula is C31H34N2O2. The van der Waals surface area contributed by atoms with Crippen molar-refractivity contribution in [1.82, 2.24) is 0 Å². The average Bonchev–Trinajstić information content (AvgIpc) is 3.39. The van der Waals surface area contributed by atoms with Crippen LogP contribution in [0.5, 0.6) is 0 Å². The van der Waals surface area contributed by atoms with Crippen LogP contribution < -0.4 is 4.90 Å². The lowest BCUT2D eigenvalue weighted by Gasteiger charge is -2.34. The third-order valence-corrected chi connectivity index (χ3v) is 8.06. The van der Waals surface area contributed by atoms with Crippen LogP contribution in [0.15, 0.2) is 60.2 Å². The monoisotopic (exact) mass is 466 g/mol. The minimum Gasteiger partial charge on any atom is -0.480 e. The first-order valence-electron chi connectivity index (χ1n) is 12.8. The Hall–Kier alpha value is -3.32. The summed E-state index contributed by atoms with van der Waals surface area (Å²) in [6, 6.07) is 18.2.